The second-order valence-electron chi connectivity index (χ2n) is 5.70. The number of guanidine groups is 1. The minimum atomic E-state index is -0.559. The molecular weight excluding hydrogens is 421 g/mol. The monoisotopic (exact) mass is 449 g/mol. The molecule has 6 heteroatoms. The van der Waals surface area contributed by atoms with Crippen LogP contribution in [-0.2, 0) is 0 Å². The largest absolute Gasteiger partial charge is 0.386 e. The third-order valence-electron chi connectivity index (χ3n) is 3.73. The first kappa shape index (κ1) is 20.6. The number of benzene rings is 1. The van der Waals surface area contributed by atoms with E-state index in [1.54, 1.807) is 0 Å². The molecule has 0 aromatic heterocycles. The van der Waals surface area contributed by atoms with Crippen LogP contribution in [0, 0.1) is 6.92 Å². The average molecular weight is 449 g/mol. The number of rotatable bonds is 5. The third-order valence-corrected chi connectivity index (χ3v) is 4.95. The van der Waals surface area contributed by atoms with Crippen molar-refractivity contribution in [2.45, 2.75) is 38.8 Å². The molecule has 1 aliphatic rings. The Labute approximate surface area is 160 Å². The first-order valence-corrected chi connectivity index (χ1v) is 9.21. The Bertz CT molecular complexity index is 475. The van der Waals surface area contributed by atoms with Gasteiger partial charge in [0.05, 0.1) is 12.6 Å². The zero-order valence-electron chi connectivity index (χ0n) is 13.9. The summed E-state index contributed by atoms with van der Waals surface area (Å²) in [5, 5.41) is 17.0. The summed E-state index contributed by atoms with van der Waals surface area (Å²) in [7, 11) is 0. The van der Waals surface area contributed by atoms with Gasteiger partial charge in [-0.3, -0.25) is 4.99 Å². The molecule has 0 bridgehead atoms. The molecule has 0 saturated carbocycles. The summed E-state index contributed by atoms with van der Waals surface area (Å²) < 4.78 is 0. The zero-order valence-corrected chi connectivity index (χ0v) is 17.1. The van der Waals surface area contributed by atoms with Gasteiger partial charge < -0.3 is 15.7 Å². The molecule has 0 radical (unpaired) electrons. The van der Waals surface area contributed by atoms with Crippen LogP contribution >= 0.6 is 35.7 Å². The zero-order chi connectivity index (χ0) is 15.8. The van der Waals surface area contributed by atoms with E-state index in [1.165, 1.54) is 24.2 Å². The molecule has 2 rings (SSSR count). The van der Waals surface area contributed by atoms with E-state index in [2.05, 4.69) is 22.5 Å². The van der Waals surface area contributed by atoms with Crippen molar-refractivity contribution in [2.75, 3.05) is 24.6 Å². The summed E-state index contributed by atoms with van der Waals surface area (Å²) in [6, 6.07) is 8.45. The molecule has 0 amide bonds. The SMILES string of the molecule is CCNC(=NCC(O)c1ccc(C)cc1)NC1CCCSC1.I. The van der Waals surface area contributed by atoms with Crippen LogP contribution in [0.25, 0.3) is 0 Å². The fourth-order valence-corrected chi connectivity index (χ4v) is 3.51. The highest BCUT2D eigenvalue weighted by Gasteiger charge is 2.15. The lowest BCUT2D eigenvalue weighted by molar-refractivity contribution is 0.187. The predicted molar refractivity (Wildman–Crippen MR) is 111 cm³/mol. The Kier molecular flexibility index (Phi) is 9.97. The van der Waals surface area contributed by atoms with Gasteiger partial charge >= 0.3 is 0 Å². The normalized spacial score (nSPS) is 19.6. The number of thioether (sulfide) groups is 1. The Morgan fingerprint density at radius 3 is 2.74 bits per heavy atom. The molecule has 23 heavy (non-hydrogen) atoms. The molecule has 1 heterocycles. The lowest BCUT2D eigenvalue weighted by Gasteiger charge is -2.24. The summed E-state index contributed by atoms with van der Waals surface area (Å²) in [6.45, 7) is 5.30. The molecular formula is C17H28IN3OS. The lowest BCUT2D eigenvalue weighted by Crippen LogP contribution is -2.45. The van der Waals surface area contributed by atoms with Gasteiger partial charge in [0.2, 0.25) is 0 Å². The maximum absolute atomic E-state index is 10.3. The number of nitrogens with zero attached hydrogens (tertiary/aromatic N) is 1. The molecule has 1 aromatic carbocycles. The predicted octanol–water partition coefficient (Wildman–Crippen LogP) is 3.10. The second kappa shape index (κ2) is 11.1. The van der Waals surface area contributed by atoms with Crippen LogP contribution in [0.2, 0.25) is 0 Å². The third kappa shape index (κ3) is 7.30. The first-order chi connectivity index (χ1) is 10.7. The summed E-state index contributed by atoms with van der Waals surface area (Å²) >= 11 is 1.99. The van der Waals surface area contributed by atoms with E-state index < -0.39 is 6.10 Å². The van der Waals surface area contributed by atoms with E-state index in [0.717, 1.165) is 23.8 Å². The van der Waals surface area contributed by atoms with Crippen molar-refractivity contribution in [1.29, 1.82) is 0 Å². The van der Waals surface area contributed by atoms with Gasteiger partial charge in [-0.25, -0.2) is 0 Å². The van der Waals surface area contributed by atoms with Crippen LogP contribution in [0.4, 0.5) is 0 Å². The molecule has 1 aromatic rings. The molecule has 1 aliphatic heterocycles. The number of halogens is 1. The molecule has 2 unspecified atom stereocenters. The number of nitrogens with one attached hydrogen (secondary N) is 2. The summed E-state index contributed by atoms with van der Waals surface area (Å²) in [6.07, 6.45) is 1.89. The highest BCUT2D eigenvalue weighted by Crippen LogP contribution is 2.17. The summed E-state index contributed by atoms with van der Waals surface area (Å²) in [5.41, 5.74) is 2.11. The number of aryl methyl sites for hydroxylation is 1. The molecule has 4 nitrogen and oxygen atoms in total. The van der Waals surface area contributed by atoms with Gasteiger partial charge in [-0.1, -0.05) is 29.8 Å². The van der Waals surface area contributed by atoms with Crippen molar-refractivity contribution in [3.8, 4) is 0 Å². The number of aliphatic hydroxyl groups excluding tert-OH is 1. The smallest absolute Gasteiger partial charge is 0.191 e. The van der Waals surface area contributed by atoms with Crippen LogP contribution in [0.1, 0.15) is 37.0 Å². The van der Waals surface area contributed by atoms with Crippen LogP contribution in [0.15, 0.2) is 29.3 Å². The van der Waals surface area contributed by atoms with Crippen molar-refractivity contribution in [3.63, 3.8) is 0 Å². The molecule has 2 atom stereocenters. The maximum atomic E-state index is 10.3. The first-order valence-electron chi connectivity index (χ1n) is 8.06. The van der Waals surface area contributed by atoms with Gasteiger partial charge in [-0.05, 0) is 38.0 Å². The molecule has 0 spiro atoms. The Hall–Kier alpha value is -0.470. The Morgan fingerprint density at radius 1 is 1.39 bits per heavy atom. The standard InChI is InChI=1S/C17H27N3OS.HI/c1-3-18-17(20-15-5-4-10-22-12-15)19-11-16(21)14-8-6-13(2)7-9-14;/h6-9,15-16,21H,3-5,10-12H2,1-2H3,(H2,18,19,20);1H. The molecule has 1 fully saturated rings. The quantitative estimate of drug-likeness (QED) is 0.368. The van der Waals surface area contributed by atoms with Crippen molar-refractivity contribution in [2.24, 2.45) is 4.99 Å². The number of aliphatic hydroxyl groups is 1. The second-order valence-corrected chi connectivity index (χ2v) is 6.85. The number of hydrogen-bond donors (Lipinski definition) is 3. The Balaban J connectivity index is 0.00000264. The van der Waals surface area contributed by atoms with Gasteiger partial charge in [0.15, 0.2) is 5.96 Å². The van der Waals surface area contributed by atoms with Gasteiger partial charge in [0, 0.05) is 18.3 Å². The van der Waals surface area contributed by atoms with Crippen LogP contribution in [0.5, 0.6) is 0 Å². The van der Waals surface area contributed by atoms with E-state index in [1.807, 2.05) is 43.0 Å². The molecule has 1 saturated heterocycles. The fourth-order valence-electron chi connectivity index (χ4n) is 2.44. The molecule has 3 N–H and O–H groups in total. The van der Waals surface area contributed by atoms with Crippen LogP contribution in [0.3, 0.4) is 0 Å². The van der Waals surface area contributed by atoms with E-state index >= 15 is 0 Å². The van der Waals surface area contributed by atoms with Crippen molar-refractivity contribution < 1.29 is 5.11 Å². The van der Waals surface area contributed by atoms with Crippen molar-refractivity contribution >= 4 is 41.7 Å². The highest BCUT2D eigenvalue weighted by molar-refractivity contribution is 14.0. The van der Waals surface area contributed by atoms with Gasteiger partial charge in [0.25, 0.3) is 0 Å². The van der Waals surface area contributed by atoms with E-state index in [9.17, 15) is 5.11 Å². The minimum Gasteiger partial charge on any atom is -0.386 e. The summed E-state index contributed by atoms with van der Waals surface area (Å²) in [5.74, 6) is 3.20. The minimum absolute atomic E-state index is 0. The topological polar surface area (TPSA) is 56.7 Å². The highest BCUT2D eigenvalue weighted by atomic mass is 127. The number of aliphatic imine (C=N–C) groups is 1. The van der Waals surface area contributed by atoms with Crippen molar-refractivity contribution in [1.82, 2.24) is 10.6 Å². The molecule has 0 aliphatic carbocycles. The van der Waals surface area contributed by atoms with Gasteiger partial charge in [-0.2, -0.15) is 11.8 Å². The lowest BCUT2D eigenvalue weighted by atomic mass is 10.1. The van der Waals surface area contributed by atoms with Crippen LogP contribution in [-0.4, -0.2) is 41.7 Å². The maximum Gasteiger partial charge on any atom is 0.191 e. The van der Waals surface area contributed by atoms with E-state index in [0.29, 0.717) is 12.6 Å². The van der Waals surface area contributed by atoms with Crippen LogP contribution < -0.4 is 10.6 Å². The van der Waals surface area contributed by atoms with Gasteiger partial charge in [-0.15, -0.1) is 24.0 Å². The van der Waals surface area contributed by atoms with E-state index in [-0.39, 0.29) is 24.0 Å². The Morgan fingerprint density at radius 2 is 2.13 bits per heavy atom. The van der Waals surface area contributed by atoms with Crippen molar-refractivity contribution in [3.05, 3.63) is 35.4 Å². The fraction of sp³-hybridized carbons (Fsp3) is 0.588. The van der Waals surface area contributed by atoms with E-state index in [4.69, 9.17) is 0 Å². The average Bonchev–Trinajstić information content (AvgIpc) is 2.54. The molecule has 130 valence electrons. The van der Waals surface area contributed by atoms with Gasteiger partial charge in [0.1, 0.15) is 0 Å². The number of hydrogen-bond acceptors (Lipinski definition) is 3. The summed E-state index contributed by atoms with van der Waals surface area (Å²) in [4.78, 5) is 4.54.